The first-order valence-corrected chi connectivity index (χ1v) is 7.08. The molecule has 1 fully saturated rings. The SMILES string of the molecule is CCC(C)(O)CNc1nc(Cl)nc(N2CCOCC2)n1. The lowest BCUT2D eigenvalue weighted by molar-refractivity contribution is 0.0695. The van der Waals surface area contributed by atoms with E-state index in [0.29, 0.717) is 38.1 Å². The minimum atomic E-state index is -0.807. The number of nitrogens with zero attached hydrogens (tertiary/aromatic N) is 4. The predicted octanol–water partition coefficient (Wildman–Crippen LogP) is 0.934. The van der Waals surface area contributed by atoms with Gasteiger partial charge in [-0.1, -0.05) is 6.92 Å². The maximum absolute atomic E-state index is 9.98. The molecule has 8 heteroatoms. The van der Waals surface area contributed by atoms with Crippen LogP contribution >= 0.6 is 11.6 Å². The van der Waals surface area contributed by atoms with Crippen LogP contribution in [-0.2, 0) is 4.74 Å². The molecule has 0 aliphatic carbocycles. The van der Waals surface area contributed by atoms with Crippen LogP contribution in [0.2, 0.25) is 5.28 Å². The van der Waals surface area contributed by atoms with Crippen molar-refractivity contribution in [2.45, 2.75) is 25.9 Å². The van der Waals surface area contributed by atoms with Gasteiger partial charge < -0.3 is 20.1 Å². The van der Waals surface area contributed by atoms with E-state index in [9.17, 15) is 5.11 Å². The molecule has 2 rings (SSSR count). The van der Waals surface area contributed by atoms with Crippen LogP contribution in [0.4, 0.5) is 11.9 Å². The quantitative estimate of drug-likeness (QED) is 0.837. The second-order valence-electron chi connectivity index (χ2n) is 5.03. The summed E-state index contributed by atoms with van der Waals surface area (Å²) in [5, 5.41) is 13.1. The zero-order valence-electron chi connectivity index (χ0n) is 11.8. The fraction of sp³-hybridized carbons (Fsp3) is 0.750. The zero-order chi connectivity index (χ0) is 14.6. The van der Waals surface area contributed by atoms with Gasteiger partial charge in [-0.25, -0.2) is 0 Å². The third-order valence-corrected chi connectivity index (χ3v) is 3.45. The van der Waals surface area contributed by atoms with Crippen molar-refractivity contribution in [1.82, 2.24) is 15.0 Å². The summed E-state index contributed by atoms with van der Waals surface area (Å²) in [5.74, 6) is 0.909. The molecule has 1 atom stereocenters. The van der Waals surface area contributed by atoms with E-state index in [1.807, 2.05) is 11.8 Å². The summed E-state index contributed by atoms with van der Waals surface area (Å²) >= 11 is 5.93. The van der Waals surface area contributed by atoms with Gasteiger partial charge in [0.15, 0.2) is 0 Å². The largest absolute Gasteiger partial charge is 0.388 e. The van der Waals surface area contributed by atoms with Crippen LogP contribution < -0.4 is 10.2 Å². The number of rotatable bonds is 5. The summed E-state index contributed by atoms with van der Waals surface area (Å²) in [5.41, 5.74) is -0.807. The molecule has 1 aliphatic rings. The normalized spacial score (nSPS) is 18.7. The highest BCUT2D eigenvalue weighted by atomic mass is 35.5. The first kappa shape index (κ1) is 15.2. The lowest BCUT2D eigenvalue weighted by Crippen LogP contribution is -2.38. The molecule has 7 nitrogen and oxygen atoms in total. The van der Waals surface area contributed by atoms with Crippen LogP contribution in [0, 0.1) is 0 Å². The Morgan fingerprint density at radius 3 is 2.70 bits per heavy atom. The zero-order valence-corrected chi connectivity index (χ0v) is 12.5. The fourth-order valence-corrected chi connectivity index (χ4v) is 1.87. The Balaban J connectivity index is 2.08. The average Bonchev–Trinajstić information content (AvgIpc) is 2.46. The van der Waals surface area contributed by atoms with Crippen LogP contribution in [0.25, 0.3) is 0 Å². The summed E-state index contributed by atoms with van der Waals surface area (Å²) in [6.07, 6.45) is 0.634. The van der Waals surface area contributed by atoms with Gasteiger partial charge in [-0.2, -0.15) is 15.0 Å². The van der Waals surface area contributed by atoms with Crippen molar-refractivity contribution >= 4 is 23.5 Å². The summed E-state index contributed by atoms with van der Waals surface area (Å²) in [7, 11) is 0. The van der Waals surface area contributed by atoms with Gasteiger partial charge in [0.05, 0.1) is 18.8 Å². The van der Waals surface area contributed by atoms with Crippen molar-refractivity contribution in [3.05, 3.63) is 5.28 Å². The number of aliphatic hydroxyl groups is 1. The topological polar surface area (TPSA) is 83.4 Å². The molecule has 1 aromatic heterocycles. The van der Waals surface area contributed by atoms with E-state index in [4.69, 9.17) is 16.3 Å². The van der Waals surface area contributed by atoms with Crippen molar-refractivity contribution in [1.29, 1.82) is 0 Å². The molecule has 112 valence electrons. The predicted molar refractivity (Wildman–Crippen MR) is 77.3 cm³/mol. The fourth-order valence-electron chi connectivity index (χ4n) is 1.72. The molecule has 1 aliphatic heterocycles. The number of hydrogen-bond acceptors (Lipinski definition) is 7. The number of halogens is 1. The van der Waals surface area contributed by atoms with Crippen molar-refractivity contribution in [2.24, 2.45) is 0 Å². The van der Waals surface area contributed by atoms with Gasteiger partial charge in [0.2, 0.25) is 17.2 Å². The molecule has 0 aromatic carbocycles. The monoisotopic (exact) mass is 301 g/mol. The lowest BCUT2D eigenvalue weighted by atomic mass is 10.0. The van der Waals surface area contributed by atoms with Crippen molar-refractivity contribution in [2.75, 3.05) is 43.1 Å². The molecule has 0 spiro atoms. The molecule has 2 N–H and O–H groups in total. The minimum Gasteiger partial charge on any atom is -0.388 e. The minimum absolute atomic E-state index is 0.139. The van der Waals surface area contributed by atoms with Gasteiger partial charge in [0, 0.05) is 19.6 Å². The van der Waals surface area contributed by atoms with Gasteiger partial charge in [-0.15, -0.1) is 0 Å². The van der Waals surface area contributed by atoms with Crippen LogP contribution in [0.5, 0.6) is 0 Å². The van der Waals surface area contributed by atoms with Gasteiger partial charge in [-0.3, -0.25) is 0 Å². The first-order valence-electron chi connectivity index (χ1n) is 6.71. The molecule has 1 aromatic rings. The third kappa shape index (κ3) is 4.16. The van der Waals surface area contributed by atoms with Crippen molar-refractivity contribution in [3.8, 4) is 0 Å². The molecule has 2 heterocycles. The van der Waals surface area contributed by atoms with E-state index in [-0.39, 0.29) is 5.28 Å². The Morgan fingerprint density at radius 2 is 2.05 bits per heavy atom. The van der Waals surface area contributed by atoms with Crippen LogP contribution in [0.3, 0.4) is 0 Å². The van der Waals surface area contributed by atoms with Crippen molar-refractivity contribution < 1.29 is 9.84 Å². The number of anilines is 2. The molecule has 0 amide bonds. The highest BCUT2D eigenvalue weighted by Crippen LogP contribution is 2.16. The highest BCUT2D eigenvalue weighted by Gasteiger charge is 2.19. The van der Waals surface area contributed by atoms with E-state index >= 15 is 0 Å². The molecule has 0 radical (unpaired) electrons. The second-order valence-corrected chi connectivity index (χ2v) is 5.37. The van der Waals surface area contributed by atoms with Crippen LogP contribution in [0.15, 0.2) is 0 Å². The smallest absolute Gasteiger partial charge is 0.231 e. The number of hydrogen-bond donors (Lipinski definition) is 2. The molecule has 0 bridgehead atoms. The molecule has 0 saturated carbocycles. The lowest BCUT2D eigenvalue weighted by Gasteiger charge is -2.27. The Kier molecular flexibility index (Phi) is 4.95. The molecule has 20 heavy (non-hydrogen) atoms. The summed E-state index contributed by atoms with van der Waals surface area (Å²) < 4.78 is 5.29. The Labute approximate surface area is 123 Å². The van der Waals surface area contributed by atoms with E-state index < -0.39 is 5.60 Å². The Morgan fingerprint density at radius 1 is 1.35 bits per heavy atom. The van der Waals surface area contributed by atoms with Crippen LogP contribution in [-0.4, -0.2) is 58.5 Å². The van der Waals surface area contributed by atoms with Gasteiger partial charge in [0.25, 0.3) is 0 Å². The number of ether oxygens (including phenoxy) is 1. The number of nitrogens with one attached hydrogen (secondary N) is 1. The number of morpholine rings is 1. The highest BCUT2D eigenvalue weighted by molar-refractivity contribution is 6.28. The maximum Gasteiger partial charge on any atom is 0.231 e. The van der Waals surface area contributed by atoms with Gasteiger partial charge >= 0.3 is 0 Å². The van der Waals surface area contributed by atoms with Crippen molar-refractivity contribution in [3.63, 3.8) is 0 Å². The summed E-state index contributed by atoms with van der Waals surface area (Å²) in [6.45, 7) is 6.78. The first-order chi connectivity index (χ1) is 9.50. The van der Waals surface area contributed by atoms with E-state index in [2.05, 4.69) is 20.3 Å². The van der Waals surface area contributed by atoms with E-state index in [0.717, 1.165) is 13.1 Å². The molecule has 1 saturated heterocycles. The van der Waals surface area contributed by atoms with Gasteiger partial charge in [-0.05, 0) is 24.9 Å². The summed E-state index contributed by atoms with van der Waals surface area (Å²) in [4.78, 5) is 14.5. The Hall–Kier alpha value is -1.18. The molecular weight excluding hydrogens is 282 g/mol. The number of aromatic nitrogens is 3. The average molecular weight is 302 g/mol. The maximum atomic E-state index is 9.98. The van der Waals surface area contributed by atoms with Crippen LogP contribution in [0.1, 0.15) is 20.3 Å². The summed E-state index contributed by atoms with van der Waals surface area (Å²) in [6, 6.07) is 0. The van der Waals surface area contributed by atoms with E-state index in [1.165, 1.54) is 0 Å². The molecular formula is C12H20ClN5O2. The molecule has 1 unspecified atom stereocenters. The standard InChI is InChI=1S/C12H20ClN5O2/c1-3-12(2,19)8-14-10-15-9(13)16-11(17-10)18-4-6-20-7-5-18/h19H,3-8H2,1-2H3,(H,14,15,16,17). The third-order valence-electron chi connectivity index (χ3n) is 3.28. The second kappa shape index (κ2) is 6.51. The van der Waals surface area contributed by atoms with Gasteiger partial charge in [0.1, 0.15) is 0 Å². The van der Waals surface area contributed by atoms with E-state index in [1.54, 1.807) is 6.92 Å². The Bertz CT molecular complexity index is 451.